The van der Waals surface area contributed by atoms with Gasteiger partial charge in [-0.1, -0.05) is 12.1 Å². The molecule has 1 fully saturated rings. The van der Waals surface area contributed by atoms with Gasteiger partial charge < -0.3 is 20.5 Å². The van der Waals surface area contributed by atoms with E-state index in [1.54, 1.807) is 31.4 Å². The van der Waals surface area contributed by atoms with Crippen molar-refractivity contribution in [2.75, 3.05) is 12.4 Å². The van der Waals surface area contributed by atoms with Crippen molar-refractivity contribution >= 4 is 17.6 Å². The lowest BCUT2D eigenvalue weighted by molar-refractivity contribution is 0.102. The highest BCUT2D eigenvalue weighted by molar-refractivity contribution is 6.04. The van der Waals surface area contributed by atoms with Crippen LogP contribution in [-0.4, -0.2) is 38.9 Å². The van der Waals surface area contributed by atoms with Gasteiger partial charge in [-0.3, -0.25) is 9.78 Å². The molecule has 3 N–H and O–H groups in total. The number of pyridine rings is 1. The number of rotatable bonds is 7. The van der Waals surface area contributed by atoms with Gasteiger partial charge in [0.15, 0.2) is 0 Å². The third-order valence-electron chi connectivity index (χ3n) is 6.00. The number of phenolic OH excluding ortho intramolecular Hbond substituents is 1. The standard InChI is InChI=1S/C27H25N5O4/c1-36-21-7-2-17(3-8-21)16-29-27(35)32-24(18-4-5-18)15-23(31-32)22-9-6-20(14-25(22)33)30-26(34)19-10-12-28-13-11-19/h2-3,6-15,18,33H,4-5,16H2,1H3,(H,29,35)(H,30,34). The van der Waals surface area contributed by atoms with Crippen molar-refractivity contribution < 1.29 is 19.4 Å². The minimum atomic E-state index is -0.334. The van der Waals surface area contributed by atoms with Crippen LogP contribution in [0.4, 0.5) is 10.5 Å². The molecule has 0 saturated heterocycles. The number of phenols is 1. The second-order valence-electron chi connectivity index (χ2n) is 8.57. The first-order chi connectivity index (χ1) is 17.5. The van der Waals surface area contributed by atoms with Crippen molar-refractivity contribution in [3.63, 3.8) is 0 Å². The fourth-order valence-electron chi connectivity index (χ4n) is 3.89. The monoisotopic (exact) mass is 483 g/mol. The number of carbonyl (C=O) groups excluding carboxylic acids is 2. The van der Waals surface area contributed by atoms with Gasteiger partial charge in [0.1, 0.15) is 11.5 Å². The van der Waals surface area contributed by atoms with Crippen LogP contribution < -0.4 is 15.4 Å². The quantitative estimate of drug-likeness (QED) is 0.355. The summed E-state index contributed by atoms with van der Waals surface area (Å²) in [6.45, 7) is 0.346. The molecule has 0 atom stereocenters. The van der Waals surface area contributed by atoms with E-state index >= 15 is 0 Å². The molecule has 1 saturated carbocycles. The zero-order valence-electron chi connectivity index (χ0n) is 19.6. The Kier molecular flexibility index (Phi) is 6.36. The van der Waals surface area contributed by atoms with Crippen LogP contribution in [0.25, 0.3) is 11.3 Å². The number of nitrogens with zero attached hydrogens (tertiary/aromatic N) is 3. The molecule has 1 aliphatic carbocycles. The van der Waals surface area contributed by atoms with E-state index in [9.17, 15) is 14.7 Å². The second-order valence-corrected chi connectivity index (χ2v) is 8.57. The van der Waals surface area contributed by atoms with Gasteiger partial charge >= 0.3 is 6.03 Å². The van der Waals surface area contributed by atoms with E-state index in [0.717, 1.165) is 29.8 Å². The SMILES string of the molecule is COc1ccc(CNC(=O)n2nc(-c3ccc(NC(=O)c4ccncc4)cc3O)cc2C2CC2)cc1. The molecule has 0 radical (unpaired) electrons. The predicted molar refractivity (Wildman–Crippen MR) is 134 cm³/mol. The fraction of sp³-hybridized carbons (Fsp3) is 0.185. The summed E-state index contributed by atoms with van der Waals surface area (Å²) in [5.74, 6) is 0.658. The Morgan fingerprint density at radius 3 is 2.47 bits per heavy atom. The van der Waals surface area contributed by atoms with Gasteiger partial charge in [-0.05, 0) is 60.9 Å². The maximum atomic E-state index is 13.0. The molecule has 5 rings (SSSR count). The highest BCUT2D eigenvalue weighted by Gasteiger charge is 2.30. The fourth-order valence-corrected chi connectivity index (χ4v) is 3.89. The normalized spacial score (nSPS) is 12.7. The summed E-state index contributed by atoms with van der Waals surface area (Å²) in [6.07, 6.45) is 5.05. The lowest BCUT2D eigenvalue weighted by Gasteiger charge is -2.09. The molecule has 2 aromatic heterocycles. The lowest BCUT2D eigenvalue weighted by Crippen LogP contribution is -2.30. The summed E-state index contributed by atoms with van der Waals surface area (Å²) in [6, 6.07) is 17.0. The largest absolute Gasteiger partial charge is 0.507 e. The highest BCUT2D eigenvalue weighted by atomic mass is 16.5. The van der Waals surface area contributed by atoms with Crippen LogP contribution in [0.2, 0.25) is 0 Å². The first kappa shape index (κ1) is 23.1. The Labute approximate surface area is 207 Å². The van der Waals surface area contributed by atoms with Gasteiger partial charge in [0.25, 0.3) is 5.91 Å². The van der Waals surface area contributed by atoms with Crippen LogP contribution in [0.5, 0.6) is 11.5 Å². The summed E-state index contributed by atoms with van der Waals surface area (Å²) >= 11 is 0. The van der Waals surface area contributed by atoms with Gasteiger partial charge in [0.05, 0.1) is 18.5 Å². The van der Waals surface area contributed by atoms with Crippen LogP contribution in [0.15, 0.2) is 73.1 Å². The zero-order valence-corrected chi connectivity index (χ0v) is 19.6. The van der Waals surface area contributed by atoms with Gasteiger partial charge in [0.2, 0.25) is 0 Å². The predicted octanol–water partition coefficient (Wildman–Crippen LogP) is 4.55. The van der Waals surface area contributed by atoms with Crippen LogP contribution in [0, 0.1) is 0 Å². The number of benzene rings is 2. The van der Waals surface area contributed by atoms with Crippen molar-refractivity contribution in [1.29, 1.82) is 0 Å². The summed E-state index contributed by atoms with van der Waals surface area (Å²) in [7, 11) is 1.61. The number of methoxy groups -OCH3 is 1. The number of hydrogen-bond donors (Lipinski definition) is 3. The van der Waals surface area contributed by atoms with E-state index in [2.05, 4.69) is 20.7 Å². The molecule has 0 aliphatic heterocycles. The van der Waals surface area contributed by atoms with Crippen LogP contribution >= 0.6 is 0 Å². The molecule has 4 aromatic rings. The van der Waals surface area contributed by atoms with E-state index < -0.39 is 0 Å². The van der Waals surface area contributed by atoms with Crippen LogP contribution in [0.3, 0.4) is 0 Å². The molecule has 36 heavy (non-hydrogen) atoms. The zero-order chi connectivity index (χ0) is 25.1. The molecule has 9 heteroatoms. The highest BCUT2D eigenvalue weighted by Crippen LogP contribution is 2.42. The van der Waals surface area contributed by atoms with Crippen molar-refractivity contribution in [2.45, 2.75) is 25.3 Å². The Hall–Kier alpha value is -4.66. The topological polar surface area (TPSA) is 118 Å². The summed E-state index contributed by atoms with van der Waals surface area (Å²) in [5, 5.41) is 20.9. The van der Waals surface area contributed by atoms with Gasteiger partial charge in [-0.25, -0.2) is 4.79 Å². The smallest absolute Gasteiger partial charge is 0.342 e. The summed E-state index contributed by atoms with van der Waals surface area (Å²) < 4.78 is 6.55. The first-order valence-electron chi connectivity index (χ1n) is 11.6. The molecule has 0 unspecified atom stereocenters. The number of ether oxygens (including phenoxy) is 1. The van der Waals surface area contributed by atoms with Crippen LogP contribution in [-0.2, 0) is 6.54 Å². The van der Waals surface area contributed by atoms with E-state index in [4.69, 9.17) is 4.74 Å². The van der Waals surface area contributed by atoms with Gasteiger partial charge in [-0.15, -0.1) is 0 Å². The molecule has 182 valence electrons. The number of aromatic nitrogens is 3. The summed E-state index contributed by atoms with van der Waals surface area (Å²) in [4.78, 5) is 29.3. The molecule has 0 bridgehead atoms. The van der Waals surface area contributed by atoms with Crippen molar-refractivity contribution in [1.82, 2.24) is 20.1 Å². The third-order valence-corrected chi connectivity index (χ3v) is 6.00. The van der Waals surface area contributed by atoms with Gasteiger partial charge in [0, 0.05) is 47.7 Å². The number of carbonyl (C=O) groups is 2. The minimum absolute atomic E-state index is 0.0480. The molecule has 1 aliphatic rings. The number of aromatic hydroxyl groups is 1. The summed E-state index contributed by atoms with van der Waals surface area (Å²) in [5.41, 5.74) is 3.61. The third kappa shape index (κ3) is 5.05. The molecule has 0 spiro atoms. The minimum Gasteiger partial charge on any atom is -0.507 e. The van der Waals surface area contributed by atoms with Gasteiger partial charge in [-0.2, -0.15) is 9.78 Å². The molecule has 2 aromatic carbocycles. The molecule has 9 nitrogen and oxygen atoms in total. The molecule has 2 heterocycles. The Morgan fingerprint density at radius 2 is 1.81 bits per heavy atom. The number of hydrogen-bond acceptors (Lipinski definition) is 6. The number of nitrogens with one attached hydrogen (secondary N) is 2. The molecular weight excluding hydrogens is 458 g/mol. The van der Waals surface area contributed by atoms with Crippen molar-refractivity contribution in [3.8, 4) is 22.8 Å². The Bertz CT molecular complexity index is 1400. The van der Waals surface area contributed by atoms with E-state index in [1.165, 1.54) is 23.1 Å². The lowest BCUT2D eigenvalue weighted by atomic mass is 10.1. The number of amides is 2. The maximum Gasteiger partial charge on any atom is 0.342 e. The Morgan fingerprint density at radius 1 is 1.06 bits per heavy atom. The Balaban J connectivity index is 1.33. The molecule has 2 amide bonds. The van der Waals surface area contributed by atoms with Crippen LogP contribution in [0.1, 0.15) is 40.4 Å². The maximum absolute atomic E-state index is 13.0. The van der Waals surface area contributed by atoms with Crippen molar-refractivity contribution in [2.24, 2.45) is 0 Å². The van der Waals surface area contributed by atoms with E-state index in [-0.39, 0.29) is 23.6 Å². The van der Waals surface area contributed by atoms with E-state index in [0.29, 0.717) is 29.1 Å². The average Bonchev–Trinajstić information content (AvgIpc) is 3.66. The molecular formula is C27H25N5O4. The van der Waals surface area contributed by atoms with E-state index in [1.807, 2.05) is 30.3 Å². The number of anilines is 1. The second kappa shape index (κ2) is 9.91. The average molecular weight is 484 g/mol. The van der Waals surface area contributed by atoms with Crippen molar-refractivity contribution in [3.05, 3.63) is 89.9 Å². The first-order valence-corrected chi connectivity index (χ1v) is 11.6.